The highest BCUT2D eigenvalue weighted by atomic mass is 16.5. The van der Waals surface area contributed by atoms with Crippen LogP contribution in [-0.4, -0.2) is 12.1 Å². The van der Waals surface area contributed by atoms with Crippen LogP contribution >= 0.6 is 0 Å². The summed E-state index contributed by atoms with van der Waals surface area (Å²) >= 11 is 0. The number of cyclic esters (lactones) is 1. The Balaban J connectivity index is 2.47. The molecular weight excluding hydrogens is 176 g/mol. The van der Waals surface area contributed by atoms with Gasteiger partial charge in [0.15, 0.2) is 0 Å². The smallest absolute Gasteiger partial charge is 0.331 e. The molecule has 2 heteroatoms. The predicted molar refractivity (Wildman–Crippen MR) is 56.9 cm³/mol. The first-order valence-corrected chi connectivity index (χ1v) is 5.33. The minimum atomic E-state index is -0.234. The van der Waals surface area contributed by atoms with Crippen molar-refractivity contribution in [3.05, 3.63) is 24.3 Å². The number of ether oxygens (including phenoxy) is 1. The lowest BCUT2D eigenvalue weighted by molar-refractivity contribution is -0.142. The van der Waals surface area contributed by atoms with Crippen LogP contribution in [0.1, 0.15) is 39.0 Å². The zero-order valence-electron chi connectivity index (χ0n) is 8.74. The molecule has 0 aliphatic carbocycles. The molecule has 14 heavy (non-hydrogen) atoms. The first-order valence-electron chi connectivity index (χ1n) is 5.33. The van der Waals surface area contributed by atoms with Gasteiger partial charge in [0, 0.05) is 6.08 Å². The third-order valence-corrected chi connectivity index (χ3v) is 2.28. The topological polar surface area (TPSA) is 26.3 Å². The van der Waals surface area contributed by atoms with Crippen molar-refractivity contribution < 1.29 is 9.53 Å². The van der Waals surface area contributed by atoms with Crippen LogP contribution in [0.3, 0.4) is 0 Å². The summed E-state index contributed by atoms with van der Waals surface area (Å²) in [6, 6.07) is 0. The van der Waals surface area contributed by atoms with Gasteiger partial charge in [0.25, 0.3) is 0 Å². The van der Waals surface area contributed by atoms with Crippen LogP contribution in [0.25, 0.3) is 0 Å². The molecule has 0 fully saturated rings. The molecule has 0 aromatic rings. The molecule has 78 valence electrons. The second-order valence-electron chi connectivity index (χ2n) is 3.67. The largest absolute Gasteiger partial charge is 0.460 e. The average Bonchev–Trinajstić information content (AvgIpc) is 2.13. The third-order valence-electron chi connectivity index (χ3n) is 2.28. The standard InChI is InChI=1S/C12H18O2/c1-11-9-7-5-3-2-4-6-8-10-12(13)14-11/h4,6,8,10-11H,2-3,5,7,9H2,1H3/b6-4-,10-8+/t11-/m1/s1. The number of carbonyl (C=O) groups excluding carboxylic acids is 1. The fourth-order valence-corrected chi connectivity index (χ4v) is 1.48. The Labute approximate surface area is 85.6 Å². The maximum absolute atomic E-state index is 11.2. The van der Waals surface area contributed by atoms with Crippen molar-refractivity contribution >= 4 is 5.97 Å². The molecule has 2 nitrogen and oxygen atoms in total. The van der Waals surface area contributed by atoms with Crippen LogP contribution in [0, 0.1) is 0 Å². The monoisotopic (exact) mass is 194 g/mol. The van der Waals surface area contributed by atoms with Crippen LogP contribution in [0.4, 0.5) is 0 Å². The second-order valence-corrected chi connectivity index (χ2v) is 3.67. The fraction of sp³-hybridized carbons (Fsp3) is 0.583. The van der Waals surface area contributed by atoms with Gasteiger partial charge in [-0.05, 0) is 32.6 Å². The van der Waals surface area contributed by atoms with Gasteiger partial charge in [-0.3, -0.25) is 0 Å². The van der Waals surface area contributed by atoms with E-state index in [0.29, 0.717) is 0 Å². The molecule has 1 rings (SSSR count). The average molecular weight is 194 g/mol. The van der Waals surface area contributed by atoms with E-state index in [1.807, 2.05) is 13.0 Å². The summed E-state index contributed by atoms with van der Waals surface area (Å²) < 4.78 is 5.16. The van der Waals surface area contributed by atoms with Gasteiger partial charge in [0.2, 0.25) is 0 Å². The molecule has 0 radical (unpaired) electrons. The van der Waals surface area contributed by atoms with Crippen molar-refractivity contribution in [2.45, 2.75) is 45.1 Å². The molecule has 0 spiro atoms. The lowest BCUT2D eigenvalue weighted by Gasteiger charge is -2.11. The van der Waals surface area contributed by atoms with E-state index in [9.17, 15) is 4.79 Å². The maximum Gasteiger partial charge on any atom is 0.331 e. The van der Waals surface area contributed by atoms with E-state index in [2.05, 4.69) is 6.08 Å². The van der Waals surface area contributed by atoms with Gasteiger partial charge in [-0.15, -0.1) is 0 Å². The van der Waals surface area contributed by atoms with E-state index in [-0.39, 0.29) is 12.1 Å². The zero-order valence-corrected chi connectivity index (χ0v) is 8.74. The van der Waals surface area contributed by atoms with E-state index in [0.717, 1.165) is 19.3 Å². The van der Waals surface area contributed by atoms with Gasteiger partial charge < -0.3 is 4.74 Å². The molecule has 0 bridgehead atoms. The summed E-state index contributed by atoms with van der Waals surface area (Å²) in [6.07, 6.45) is 13.0. The molecule has 1 heterocycles. The van der Waals surface area contributed by atoms with E-state index in [1.165, 1.54) is 18.9 Å². The molecule has 0 N–H and O–H groups in total. The number of esters is 1. The molecular formula is C12H18O2. The lowest BCUT2D eigenvalue weighted by Crippen LogP contribution is -2.12. The first-order chi connectivity index (χ1) is 6.79. The SMILES string of the molecule is C[C@@H]1CCCCC/C=C\C=C\C(=O)O1. The van der Waals surface area contributed by atoms with Crippen LogP contribution in [0.5, 0.6) is 0 Å². The lowest BCUT2D eigenvalue weighted by atomic mass is 10.1. The number of hydrogen-bond donors (Lipinski definition) is 0. The molecule has 0 saturated heterocycles. The maximum atomic E-state index is 11.2. The normalized spacial score (nSPS) is 29.5. The van der Waals surface area contributed by atoms with Crippen molar-refractivity contribution in [3.8, 4) is 0 Å². The summed E-state index contributed by atoms with van der Waals surface area (Å²) in [5.41, 5.74) is 0. The Hall–Kier alpha value is -1.05. The fourth-order valence-electron chi connectivity index (χ4n) is 1.48. The van der Waals surface area contributed by atoms with E-state index < -0.39 is 0 Å². The molecule has 0 unspecified atom stereocenters. The van der Waals surface area contributed by atoms with E-state index in [1.54, 1.807) is 6.08 Å². The van der Waals surface area contributed by atoms with E-state index >= 15 is 0 Å². The van der Waals surface area contributed by atoms with Gasteiger partial charge in [-0.25, -0.2) is 4.79 Å². The predicted octanol–water partition coefficient (Wildman–Crippen LogP) is 2.99. The molecule has 0 aromatic carbocycles. The summed E-state index contributed by atoms with van der Waals surface area (Å²) in [5, 5.41) is 0. The minimum absolute atomic E-state index is 0.0514. The van der Waals surface area contributed by atoms with Gasteiger partial charge in [-0.2, -0.15) is 0 Å². The van der Waals surface area contributed by atoms with Crippen LogP contribution in [-0.2, 0) is 9.53 Å². The highest BCUT2D eigenvalue weighted by Crippen LogP contribution is 2.09. The Kier molecular flexibility index (Phi) is 5.05. The van der Waals surface area contributed by atoms with Crippen LogP contribution in [0.15, 0.2) is 24.3 Å². The molecule has 1 aliphatic heterocycles. The highest BCUT2D eigenvalue weighted by Gasteiger charge is 2.06. The number of allylic oxidation sites excluding steroid dienone is 3. The molecule has 1 aliphatic rings. The van der Waals surface area contributed by atoms with Crippen LogP contribution < -0.4 is 0 Å². The van der Waals surface area contributed by atoms with Crippen molar-refractivity contribution in [1.82, 2.24) is 0 Å². The van der Waals surface area contributed by atoms with Crippen molar-refractivity contribution in [2.24, 2.45) is 0 Å². The number of rotatable bonds is 0. The molecule has 0 aromatic heterocycles. The van der Waals surface area contributed by atoms with E-state index in [4.69, 9.17) is 4.74 Å². The summed E-state index contributed by atoms with van der Waals surface area (Å²) in [4.78, 5) is 11.2. The highest BCUT2D eigenvalue weighted by molar-refractivity contribution is 5.82. The molecule has 0 saturated carbocycles. The van der Waals surface area contributed by atoms with Crippen molar-refractivity contribution in [3.63, 3.8) is 0 Å². The number of hydrogen-bond acceptors (Lipinski definition) is 2. The second kappa shape index (κ2) is 6.41. The summed E-state index contributed by atoms with van der Waals surface area (Å²) in [7, 11) is 0. The molecule has 0 amide bonds. The number of carbonyl (C=O) groups is 1. The molecule has 1 atom stereocenters. The van der Waals surface area contributed by atoms with Gasteiger partial charge in [0.1, 0.15) is 0 Å². The van der Waals surface area contributed by atoms with Crippen molar-refractivity contribution in [2.75, 3.05) is 0 Å². The summed E-state index contributed by atoms with van der Waals surface area (Å²) in [5.74, 6) is -0.234. The van der Waals surface area contributed by atoms with Gasteiger partial charge in [-0.1, -0.05) is 24.6 Å². The third kappa shape index (κ3) is 4.85. The zero-order chi connectivity index (χ0) is 10.2. The minimum Gasteiger partial charge on any atom is -0.460 e. The summed E-state index contributed by atoms with van der Waals surface area (Å²) in [6.45, 7) is 1.95. The van der Waals surface area contributed by atoms with Gasteiger partial charge in [0.05, 0.1) is 6.10 Å². The van der Waals surface area contributed by atoms with Crippen LogP contribution in [0.2, 0.25) is 0 Å². The Morgan fingerprint density at radius 3 is 3.00 bits per heavy atom. The Bertz CT molecular complexity index is 228. The van der Waals surface area contributed by atoms with Gasteiger partial charge >= 0.3 is 5.97 Å². The quantitative estimate of drug-likeness (QED) is 0.554. The Morgan fingerprint density at radius 1 is 1.29 bits per heavy atom. The first kappa shape index (κ1) is 11.0. The Morgan fingerprint density at radius 2 is 2.14 bits per heavy atom. The van der Waals surface area contributed by atoms with Crippen molar-refractivity contribution in [1.29, 1.82) is 0 Å².